The SMILES string of the molecule is CN(C)c1ccc(CN(Cc2ccco2)C(=O)Cc2coc3ccc4ccccc4c23)cc1. The van der Waals surface area contributed by atoms with Gasteiger partial charge in [0.15, 0.2) is 0 Å². The molecule has 0 unspecified atom stereocenters. The summed E-state index contributed by atoms with van der Waals surface area (Å²) in [6.07, 6.45) is 3.61. The Kier molecular flexibility index (Phi) is 5.61. The third-order valence-corrected chi connectivity index (χ3v) is 5.99. The van der Waals surface area contributed by atoms with Crippen molar-refractivity contribution in [3.05, 3.63) is 102 Å². The average molecular weight is 439 g/mol. The molecule has 2 aromatic heterocycles. The van der Waals surface area contributed by atoms with E-state index < -0.39 is 0 Å². The second kappa shape index (κ2) is 8.87. The second-order valence-electron chi connectivity index (χ2n) is 8.49. The Morgan fingerprint density at radius 2 is 1.67 bits per heavy atom. The summed E-state index contributed by atoms with van der Waals surface area (Å²) in [6, 6.07) is 24.2. The number of hydrogen-bond acceptors (Lipinski definition) is 4. The van der Waals surface area contributed by atoms with E-state index in [1.807, 2.05) is 55.4 Å². The Morgan fingerprint density at radius 3 is 2.42 bits per heavy atom. The smallest absolute Gasteiger partial charge is 0.227 e. The number of carbonyl (C=O) groups is 1. The number of nitrogens with zero attached hydrogens (tertiary/aromatic N) is 2. The molecule has 5 heteroatoms. The Morgan fingerprint density at radius 1 is 0.848 bits per heavy atom. The molecule has 0 spiro atoms. The van der Waals surface area contributed by atoms with Crippen LogP contribution in [0.25, 0.3) is 21.7 Å². The molecular weight excluding hydrogens is 412 g/mol. The molecule has 3 aromatic carbocycles. The number of benzene rings is 3. The van der Waals surface area contributed by atoms with Gasteiger partial charge < -0.3 is 18.6 Å². The van der Waals surface area contributed by atoms with E-state index in [1.54, 1.807) is 12.5 Å². The standard InChI is InChI=1S/C28H26N2O3/c1-29(2)23-12-9-20(10-13-23)17-30(18-24-7-5-15-32-24)27(31)16-22-19-33-26-14-11-21-6-3-4-8-25(21)28(22)26/h3-15,19H,16-18H2,1-2H3. The third kappa shape index (κ3) is 4.35. The highest BCUT2D eigenvalue weighted by atomic mass is 16.3. The molecule has 0 N–H and O–H groups in total. The van der Waals surface area contributed by atoms with Gasteiger partial charge in [-0.3, -0.25) is 4.79 Å². The first-order valence-corrected chi connectivity index (χ1v) is 11.0. The van der Waals surface area contributed by atoms with E-state index in [-0.39, 0.29) is 12.3 Å². The van der Waals surface area contributed by atoms with Crippen molar-refractivity contribution in [3.8, 4) is 0 Å². The summed E-state index contributed by atoms with van der Waals surface area (Å²) in [4.78, 5) is 17.4. The lowest BCUT2D eigenvalue weighted by Gasteiger charge is -2.22. The van der Waals surface area contributed by atoms with Gasteiger partial charge >= 0.3 is 0 Å². The molecule has 0 saturated heterocycles. The average Bonchev–Trinajstić information content (AvgIpc) is 3.49. The maximum Gasteiger partial charge on any atom is 0.227 e. The van der Waals surface area contributed by atoms with Crippen molar-refractivity contribution in [2.75, 3.05) is 19.0 Å². The van der Waals surface area contributed by atoms with Gasteiger partial charge in [0.25, 0.3) is 0 Å². The minimum Gasteiger partial charge on any atom is -0.467 e. The number of furan rings is 2. The first-order valence-electron chi connectivity index (χ1n) is 11.0. The zero-order valence-corrected chi connectivity index (χ0v) is 18.8. The number of hydrogen-bond donors (Lipinski definition) is 0. The highest BCUT2D eigenvalue weighted by Crippen LogP contribution is 2.30. The molecule has 5 nitrogen and oxygen atoms in total. The minimum atomic E-state index is 0.0266. The van der Waals surface area contributed by atoms with Crippen molar-refractivity contribution in [1.82, 2.24) is 4.90 Å². The van der Waals surface area contributed by atoms with Crippen LogP contribution < -0.4 is 4.90 Å². The Hall–Kier alpha value is -3.99. The molecule has 2 heterocycles. The van der Waals surface area contributed by atoms with E-state index in [2.05, 4.69) is 41.3 Å². The monoisotopic (exact) mass is 438 g/mol. The first kappa shape index (κ1) is 20.9. The van der Waals surface area contributed by atoms with E-state index in [9.17, 15) is 4.79 Å². The maximum atomic E-state index is 13.5. The summed E-state index contributed by atoms with van der Waals surface area (Å²) >= 11 is 0. The van der Waals surface area contributed by atoms with Crippen LogP contribution in [0.5, 0.6) is 0 Å². The van der Waals surface area contributed by atoms with Gasteiger partial charge in [0, 0.05) is 37.3 Å². The molecule has 0 atom stereocenters. The van der Waals surface area contributed by atoms with Crippen molar-refractivity contribution >= 4 is 33.3 Å². The summed E-state index contributed by atoms with van der Waals surface area (Å²) in [5.74, 6) is 0.787. The van der Waals surface area contributed by atoms with Gasteiger partial charge in [0.05, 0.1) is 25.5 Å². The number of fused-ring (bicyclic) bond motifs is 3. The van der Waals surface area contributed by atoms with Crippen molar-refractivity contribution < 1.29 is 13.6 Å². The predicted octanol–water partition coefficient (Wildman–Crippen LogP) is 6.02. The zero-order chi connectivity index (χ0) is 22.8. The van der Waals surface area contributed by atoms with Crippen LogP contribution in [0.3, 0.4) is 0 Å². The number of carbonyl (C=O) groups excluding carboxylic acids is 1. The molecule has 1 amide bonds. The van der Waals surface area contributed by atoms with Crippen LogP contribution in [0.2, 0.25) is 0 Å². The quantitative estimate of drug-likeness (QED) is 0.312. The molecule has 0 radical (unpaired) electrons. The molecule has 0 fully saturated rings. The fourth-order valence-corrected chi connectivity index (χ4v) is 4.22. The van der Waals surface area contributed by atoms with E-state index in [4.69, 9.17) is 8.83 Å². The molecule has 5 rings (SSSR count). The lowest BCUT2D eigenvalue weighted by Crippen LogP contribution is -2.31. The Balaban J connectivity index is 1.44. The summed E-state index contributed by atoms with van der Waals surface area (Å²) in [5, 5.41) is 3.24. The van der Waals surface area contributed by atoms with Gasteiger partial charge in [-0.1, -0.05) is 42.5 Å². The maximum absolute atomic E-state index is 13.5. The van der Waals surface area contributed by atoms with Crippen molar-refractivity contribution in [2.45, 2.75) is 19.5 Å². The van der Waals surface area contributed by atoms with E-state index >= 15 is 0 Å². The van der Waals surface area contributed by atoms with E-state index in [1.165, 1.54) is 0 Å². The molecule has 0 aliphatic carbocycles. The number of rotatable bonds is 7. The summed E-state index contributed by atoms with van der Waals surface area (Å²) < 4.78 is 11.4. The van der Waals surface area contributed by atoms with Crippen LogP contribution >= 0.6 is 0 Å². The van der Waals surface area contributed by atoms with Crippen molar-refractivity contribution in [2.24, 2.45) is 0 Å². The van der Waals surface area contributed by atoms with E-state index in [0.717, 1.165) is 44.3 Å². The molecule has 5 aromatic rings. The van der Waals surface area contributed by atoms with E-state index in [0.29, 0.717) is 13.1 Å². The Labute approximate surface area is 192 Å². The molecule has 0 bridgehead atoms. The van der Waals surface area contributed by atoms with Crippen LogP contribution in [-0.4, -0.2) is 24.9 Å². The van der Waals surface area contributed by atoms with Crippen molar-refractivity contribution in [3.63, 3.8) is 0 Å². The molecule has 0 saturated carbocycles. The number of amides is 1. The van der Waals surface area contributed by atoms with Crippen LogP contribution in [0.1, 0.15) is 16.9 Å². The second-order valence-corrected chi connectivity index (χ2v) is 8.49. The highest BCUT2D eigenvalue weighted by Gasteiger charge is 2.20. The fraction of sp³-hybridized carbons (Fsp3) is 0.179. The van der Waals surface area contributed by atoms with Crippen LogP contribution in [0.4, 0.5) is 5.69 Å². The normalized spacial score (nSPS) is 11.2. The number of anilines is 1. The molecule has 0 aliphatic rings. The molecule has 0 aliphatic heterocycles. The van der Waals surface area contributed by atoms with Crippen molar-refractivity contribution in [1.29, 1.82) is 0 Å². The summed E-state index contributed by atoms with van der Waals surface area (Å²) in [7, 11) is 4.03. The topological polar surface area (TPSA) is 49.8 Å². The van der Waals surface area contributed by atoms with Gasteiger partial charge in [-0.05, 0) is 46.7 Å². The predicted molar refractivity (Wildman–Crippen MR) is 131 cm³/mol. The first-order chi connectivity index (χ1) is 16.1. The largest absolute Gasteiger partial charge is 0.467 e. The van der Waals surface area contributed by atoms with Crippen LogP contribution in [-0.2, 0) is 24.3 Å². The highest BCUT2D eigenvalue weighted by molar-refractivity contribution is 6.08. The third-order valence-electron chi connectivity index (χ3n) is 5.99. The Bertz CT molecular complexity index is 1380. The molecule has 166 valence electrons. The van der Waals surface area contributed by atoms with Gasteiger partial charge in [0.2, 0.25) is 5.91 Å². The van der Waals surface area contributed by atoms with Crippen LogP contribution in [0.15, 0.2) is 94.2 Å². The molecular formula is C28H26N2O3. The van der Waals surface area contributed by atoms with Gasteiger partial charge in [-0.25, -0.2) is 0 Å². The fourth-order valence-electron chi connectivity index (χ4n) is 4.22. The summed E-state index contributed by atoms with van der Waals surface area (Å²) in [5.41, 5.74) is 3.90. The minimum absolute atomic E-state index is 0.0266. The van der Waals surface area contributed by atoms with Gasteiger partial charge in [-0.15, -0.1) is 0 Å². The molecule has 33 heavy (non-hydrogen) atoms. The lowest BCUT2D eigenvalue weighted by molar-refractivity contribution is -0.132. The van der Waals surface area contributed by atoms with Crippen LogP contribution in [0, 0.1) is 0 Å². The van der Waals surface area contributed by atoms with Gasteiger partial charge in [-0.2, -0.15) is 0 Å². The summed E-state index contributed by atoms with van der Waals surface area (Å²) in [6.45, 7) is 0.918. The zero-order valence-electron chi connectivity index (χ0n) is 18.8. The lowest BCUT2D eigenvalue weighted by atomic mass is 10.0. The van der Waals surface area contributed by atoms with Gasteiger partial charge in [0.1, 0.15) is 11.3 Å².